The third-order valence-electron chi connectivity index (χ3n) is 5.75. The van der Waals surface area contributed by atoms with E-state index in [-0.39, 0.29) is 22.5 Å². The maximum atomic E-state index is 12.9. The molecule has 0 atom stereocenters. The Kier molecular flexibility index (Phi) is 5.08. The molecule has 2 aromatic heterocycles. The molecular formula is C22H18ClF3N4O2. The van der Waals surface area contributed by atoms with Crippen LogP contribution < -0.4 is 10.3 Å². The van der Waals surface area contributed by atoms with E-state index in [0.717, 1.165) is 24.3 Å². The van der Waals surface area contributed by atoms with Gasteiger partial charge in [0.15, 0.2) is 0 Å². The summed E-state index contributed by atoms with van der Waals surface area (Å²) in [6, 6.07) is 9.75. The van der Waals surface area contributed by atoms with E-state index in [1.54, 1.807) is 6.07 Å². The molecule has 10 heteroatoms. The first-order valence-electron chi connectivity index (χ1n) is 10.2. The number of alkyl halides is 3. The molecule has 0 amide bonds. The fourth-order valence-electron chi connectivity index (χ4n) is 3.99. The molecule has 2 aromatic carbocycles. The van der Waals surface area contributed by atoms with Crippen LogP contribution in [0.4, 0.5) is 13.2 Å². The first kappa shape index (κ1) is 20.8. The van der Waals surface area contributed by atoms with Crippen molar-refractivity contribution >= 4 is 33.4 Å². The van der Waals surface area contributed by atoms with Crippen molar-refractivity contribution in [3.8, 4) is 5.75 Å². The van der Waals surface area contributed by atoms with Gasteiger partial charge in [-0.15, -0.1) is 13.2 Å². The molecule has 0 spiro atoms. The van der Waals surface area contributed by atoms with Crippen LogP contribution in [0.2, 0.25) is 5.02 Å². The Balaban J connectivity index is 1.53. The van der Waals surface area contributed by atoms with Crippen molar-refractivity contribution in [1.82, 2.24) is 19.7 Å². The maximum Gasteiger partial charge on any atom is 0.573 e. The van der Waals surface area contributed by atoms with Gasteiger partial charge in [-0.1, -0.05) is 36.2 Å². The molecule has 0 aliphatic heterocycles. The Morgan fingerprint density at radius 1 is 1.19 bits per heavy atom. The lowest BCUT2D eigenvalue weighted by Crippen LogP contribution is -2.30. The highest BCUT2D eigenvalue weighted by atomic mass is 35.5. The van der Waals surface area contributed by atoms with E-state index >= 15 is 0 Å². The molecule has 1 N–H and O–H groups in total. The number of rotatable bonds is 5. The Bertz CT molecular complexity index is 1380. The first-order chi connectivity index (χ1) is 15.3. The van der Waals surface area contributed by atoms with E-state index < -0.39 is 12.1 Å². The fourth-order valence-corrected chi connectivity index (χ4v) is 4.19. The molecule has 4 aromatic rings. The number of imidazole rings is 1. The summed E-state index contributed by atoms with van der Waals surface area (Å²) >= 11 is 5.94. The van der Waals surface area contributed by atoms with Crippen LogP contribution in [0, 0.1) is 5.92 Å². The van der Waals surface area contributed by atoms with E-state index in [1.807, 2.05) is 18.2 Å². The van der Waals surface area contributed by atoms with Crippen molar-refractivity contribution < 1.29 is 17.9 Å². The summed E-state index contributed by atoms with van der Waals surface area (Å²) in [5, 5.41) is 5.74. The number of nitrogens with zero attached hydrogens (tertiary/aromatic N) is 3. The van der Waals surface area contributed by atoms with Crippen LogP contribution in [0.1, 0.15) is 30.8 Å². The normalized spacial score (nSPS) is 14.8. The highest BCUT2D eigenvalue weighted by Gasteiger charge is 2.32. The predicted molar refractivity (Wildman–Crippen MR) is 114 cm³/mol. The van der Waals surface area contributed by atoms with Crippen molar-refractivity contribution in [2.75, 3.05) is 0 Å². The number of H-pyrrole nitrogens is 1. The molecule has 0 radical (unpaired) electrons. The minimum absolute atomic E-state index is 0.124. The Morgan fingerprint density at radius 3 is 2.62 bits per heavy atom. The van der Waals surface area contributed by atoms with Crippen molar-refractivity contribution in [3.05, 3.63) is 63.3 Å². The van der Waals surface area contributed by atoms with Crippen LogP contribution in [0.25, 0.3) is 21.8 Å². The van der Waals surface area contributed by atoms with Crippen molar-refractivity contribution in [2.45, 2.75) is 38.6 Å². The molecule has 32 heavy (non-hydrogen) atoms. The zero-order valence-electron chi connectivity index (χ0n) is 16.7. The summed E-state index contributed by atoms with van der Waals surface area (Å²) < 4.78 is 43.3. The van der Waals surface area contributed by atoms with Crippen LogP contribution in [0.3, 0.4) is 0 Å². The van der Waals surface area contributed by atoms with Gasteiger partial charge in [0, 0.05) is 18.0 Å². The number of ether oxygens (including phenoxy) is 1. The summed E-state index contributed by atoms with van der Waals surface area (Å²) in [4.78, 5) is 20.4. The Labute approximate surface area is 185 Å². The summed E-state index contributed by atoms with van der Waals surface area (Å²) in [5.74, 6) is 0.434. The second-order valence-electron chi connectivity index (χ2n) is 7.98. The van der Waals surface area contributed by atoms with Gasteiger partial charge in [-0.2, -0.15) is 5.10 Å². The zero-order chi connectivity index (χ0) is 22.5. The molecule has 0 saturated heterocycles. The molecular weight excluding hydrogens is 445 g/mol. The molecule has 2 heterocycles. The molecule has 0 unspecified atom stereocenters. The van der Waals surface area contributed by atoms with Gasteiger partial charge >= 0.3 is 6.36 Å². The molecule has 1 fully saturated rings. The minimum Gasteiger partial charge on any atom is -0.404 e. The lowest BCUT2D eigenvalue weighted by Gasteiger charge is -2.25. The number of fused-ring (bicyclic) bond motifs is 2. The van der Waals surface area contributed by atoms with E-state index in [0.29, 0.717) is 34.9 Å². The fraction of sp³-hybridized carbons (Fsp3) is 0.318. The van der Waals surface area contributed by atoms with Crippen LogP contribution >= 0.6 is 11.6 Å². The van der Waals surface area contributed by atoms with E-state index in [1.165, 1.54) is 17.2 Å². The molecule has 1 aliphatic carbocycles. The monoisotopic (exact) mass is 462 g/mol. The zero-order valence-corrected chi connectivity index (χ0v) is 17.5. The number of benzene rings is 2. The van der Waals surface area contributed by atoms with Gasteiger partial charge in [0.1, 0.15) is 11.6 Å². The summed E-state index contributed by atoms with van der Waals surface area (Å²) in [6.45, 7) is 0.574. The van der Waals surface area contributed by atoms with E-state index in [9.17, 15) is 18.0 Å². The standard InChI is InChI=1S/C22H18ClF3N4O2/c23-15-8-17-18(9-19(15)32-22(24,25)26)28-20(27-17)10-16-13-6-1-2-7-14(13)21(31)30(29-16)11-12-4-3-5-12/h1-2,6-9,12H,3-5,10-11H2,(H,27,28). The molecule has 6 nitrogen and oxygen atoms in total. The van der Waals surface area contributed by atoms with Gasteiger partial charge in [-0.3, -0.25) is 4.79 Å². The average Bonchev–Trinajstić information content (AvgIpc) is 3.08. The van der Waals surface area contributed by atoms with Crippen molar-refractivity contribution in [2.24, 2.45) is 5.92 Å². The number of aromatic amines is 1. The predicted octanol–water partition coefficient (Wildman–Crippen LogP) is 5.22. The molecule has 0 bridgehead atoms. The highest BCUT2D eigenvalue weighted by molar-refractivity contribution is 6.32. The quantitative estimate of drug-likeness (QED) is 0.441. The van der Waals surface area contributed by atoms with Gasteiger partial charge in [0.05, 0.1) is 33.6 Å². The van der Waals surface area contributed by atoms with Crippen LogP contribution in [-0.4, -0.2) is 26.1 Å². The number of halogens is 4. The molecule has 1 aliphatic rings. The second kappa shape index (κ2) is 7.81. The minimum atomic E-state index is -4.85. The van der Waals surface area contributed by atoms with Crippen LogP contribution in [-0.2, 0) is 13.0 Å². The van der Waals surface area contributed by atoms with Crippen LogP contribution in [0.15, 0.2) is 41.2 Å². The number of hydrogen-bond donors (Lipinski definition) is 1. The maximum absolute atomic E-state index is 12.9. The topological polar surface area (TPSA) is 72.8 Å². The summed E-state index contributed by atoms with van der Waals surface area (Å²) in [5.41, 5.74) is 1.31. The Hall–Kier alpha value is -3.07. The average molecular weight is 463 g/mol. The SMILES string of the molecule is O=c1c2ccccc2c(Cc2nc3cc(OC(F)(F)F)c(Cl)cc3[nH]2)nn1CC1CCC1. The molecule has 1 saturated carbocycles. The van der Waals surface area contributed by atoms with Gasteiger partial charge in [0.2, 0.25) is 0 Å². The Morgan fingerprint density at radius 2 is 1.94 bits per heavy atom. The smallest absolute Gasteiger partial charge is 0.404 e. The van der Waals surface area contributed by atoms with E-state index in [2.05, 4.69) is 19.8 Å². The second-order valence-corrected chi connectivity index (χ2v) is 8.39. The third-order valence-corrected chi connectivity index (χ3v) is 6.04. The molecule has 166 valence electrons. The number of nitrogens with one attached hydrogen (secondary N) is 1. The van der Waals surface area contributed by atoms with Crippen LogP contribution in [0.5, 0.6) is 5.75 Å². The highest BCUT2D eigenvalue weighted by Crippen LogP contribution is 2.33. The van der Waals surface area contributed by atoms with Gasteiger partial charge < -0.3 is 9.72 Å². The van der Waals surface area contributed by atoms with Crippen molar-refractivity contribution in [1.29, 1.82) is 0 Å². The van der Waals surface area contributed by atoms with Gasteiger partial charge in [-0.25, -0.2) is 9.67 Å². The van der Waals surface area contributed by atoms with Crippen molar-refractivity contribution in [3.63, 3.8) is 0 Å². The van der Waals surface area contributed by atoms with Gasteiger partial charge in [0.25, 0.3) is 5.56 Å². The lowest BCUT2D eigenvalue weighted by molar-refractivity contribution is -0.274. The molecule has 5 rings (SSSR count). The van der Waals surface area contributed by atoms with E-state index in [4.69, 9.17) is 11.6 Å². The number of hydrogen-bond acceptors (Lipinski definition) is 4. The number of aromatic nitrogens is 4. The first-order valence-corrected chi connectivity index (χ1v) is 10.6. The largest absolute Gasteiger partial charge is 0.573 e. The summed E-state index contributed by atoms with van der Waals surface area (Å²) in [7, 11) is 0. The lowest BCUT2D eigenvalue weighted by atomic mass is 9.85. The third kappa shape index (κ3) is 4.04. The van der Waals surface area contributed by atoms with Gasteiger partial charge in [-0.05, 0) is 30.9 Å². The summed E-state index contributed by atoms with van der Waals surface area (Å²) in [6.07, 6.45) is -1.24.